The van der Waals surface area contributed by atoms with Gasteiger partial charge in [0.05, 0.1) is 12.8 Å². The Kier molecular flexibility index (Phi) is 4.43. The zero-order valence-electron chi connectivity index (χ0n) is 11.3. The lowest BCUT2D eigenvalue weighted by atomic mass is 10.1. The van der Waals surface area contributed by atoms with Crippen molar-refractivity contribution < 1.29 is 9.15 Å². The molecule has 1 aliphatic heterocycles. The van der Waals surface area contributed by atoms with Gasteiger partial charge in [0.25, 0.3) is 0 Å². The lowest BCUT2D eigenvalue weighted by Gasteiger charge is -2.31. The summed E-state index contributed by atoms with van der Waals surface area (Å²) in [5.74, 6) is 1.99. The van der Waals surface area contributed by atoms with Crippen molar-refractivity contribution in [1.29, 1.82) is 0 Å². The number of halogens is 1. The summed E-state index contributed by atoms with van der Waals surface area (Å²) in [5, 5.41) is 0. The van der Waals surface area contributed by atoms with Crippen molar-refractivity contribution in [2.24, 2.45) is 0 Å². The maximum atomic E-state index is 6.04. The molecule has 106 valence electrons. The summed E-state index contributed by atoms with van der Waals surface area (Å²) in [6.07, 6.45) is 4.18. The van der Waals surface area contributed by atoms with Crippen LogP contribution in [0.5, 0.6) is 5.75 Å². The molecule has 4 heteroatoms. The van der Waals surface area contributed by atoms with Gasteiger partial charge in [0.15, 0.2) is 0 Å². The van der Waals surface area contributed by atoms with Crippen LogP contribution in [0.4, 0.5) is 0 Å². The van der Waals surface area contributed by atoms with E-state index in [1.165, 1.54) is 0 Å². The van der Waals surface area contributed by atoms with Crippen molar-refractivity contribution in [1.82, 2.24) is 4.90 Å². The van der Waals surface area contributed by atoms with Crippen molar-refractivity contribution in [3.63, 3.8) is 0 Å². The van der Waals surface area contributed by atoms with E-state index >= 15 is 0 Å². The molecular weight excluding hydrogens is 318 g/mol. The SMILES string of the molecule is Brc1cccc(OC2CCN(Cc3ccco3)CC2)c1. The van der Waals surface area contributed by atoms with Crippen LogP contribution in [-0.2, 0) is 6.54 Å². The number of hydrogen-bond acceptors (Lipinski definition) is 3. The largest absolute Gasteiger partial charge is 0.490 e. The zero-order valence-corrected chi connectivity index (χ0v) is 12.9. The molecule has 0 aliphatic carbocycles. The van der Waals surface area contributed by atoms with Crippen molar-refractivity contribution in [2.75, 3.05) is 13.1 Å². The molecule has 0 amide bonds. The Bertz CT molecular complexity index is 533. The number of piperidine rings is 1. The number of furan rings is 1. The Morgan fingerprint density at radius 2 is 2.05 bits per heavy atom. The molecule has 3 nitrogen and oxygen atoms in total. The lowest BCUT2D eigenvalue weighted by Crippen LogP contribution is -2.37. The molecule has 3 rings (SSSR count). The molecule has 0 saturated carbocycles. The second-order valence-electron chi connectivity index (χ2n) is 5.13. The first-order valence-corrected chi connectivity index (χ1v) is 7.76. The summed E-state index contributed by atoms with van der Waals surface area (Å²) < 4.78 is 12.5. The minimum atomic E-state index is 0.317. The molecular formula is C16H18BrNO2. The Labute approximate surface area is 127 Å². The molecule has 0 atom stereocenters. The van der Waals surface area contributed by atoms with E-state index in [2.05, 4.69) is 20.8 Å². The van der Waals surface area contributed by atoms with Crippen LogP contribution in [0.2, 0.25) is 0 Å². The third kappa shape index (κ3) is 3.64. The van der Waals surface area contributed by atoms with Crippen molar-refractivity contribution in [2.45, 2.75) is 25.5 Å². The molecule has 0 bridgehead atoms. The van der Waals surface area contributed by atoms with Crippen LogP contribution in [0, 0.1) is 0 Å². The fourth-order valence-electron chi connectivity index (χ4n) is 2.54. The van der Waals surface area contributed by atoms with Crippen LogP contribution in [0.15, 0.2) is 51.6 Å². The maximum absolute atomic E-state index is 6.04. The molecule has 20 heavy (non-hydrogen) atoms. The zero-order chi connectivity index (χ0) is 13.8. The summed E-state index contributed by atoms with van der Waals surface area (Å²) in [7, 11) is 0. The van der Waals surface area contributed by atoms with Crippen LogP contribution in [0.3, 0.4) is 0 Å². The maximum Gasteiger partial charge on any atom is 0.120 e. The standard InChI is InChI=1S/C16H18BrNO2/c17-13-3-1-4-15(11-13)20-14-6-8-18(9-7-14)12-16-5-2-10-19-16/h1-5,10-11,14H,6-9,12H2. The van der Waals surface area contributed by atoms with Gasteiger partial charge in [-0.2, -0.15) is 0 Å². The molecule has 1 aromatic carbocycles. The Hall–Kier alpha value is -1.26. The highest BCUT2D eigenvalue weighted by Crippen LogP contribution is 2.23. The smallest absolute Gasteiger partial charge is 0.120 e. The Morgan fingerprint density at radius 1 is 1.20 bits per heavy atom. The quantitative estimate of drug-likeness (QED) is 0.841. The molecule has 1 saturated heterocycles. The summed E-state index contributed by atoms with van der Waals surface area (Å²) in [4.78, 5) is 2.42. The van der Waals surface area contributed by atoms with Gasteiger partial charge < -0.3 is 9.15 Å². The topological polar surface area (TPSA) is 25.6 Å². The highest BCUT2D eigenvalue weighted by Gasteiger charge is 2.21. The van der Waals surface area contributed by atoms with Crippen LogP contribution >= 0.6 is 15.9 Å². The number of rotatable bonds is 4. The van der Waals surface area contributed by atoms with E-state index in [0.717, 1.165) is 48.5 Å². The third-order valence-electron chi connectivity index (χ3n) is 3.59. The number of ether oxygens (including phenoxy) is 1. The molecule has 1 aromatic heterocycles. The first-order chi connectivity index (χ1) is 9.79. The fourth-order valence-corrected chi connectivity index (χ4v) is 2.92. The molecule has 0 spiro atoms. The average molecular weight is 336 g/mol. The monoisotopic (exact) mass is 335 g/mol. The lowest BCUT2D eigenvalue weighted by molar-refractivity contribution is 0.0928. The predicted molar refractivity (Wildman–Crippen MR) is 81.8 cm³/mol. The number of benzene rings is 1. The second-order valence-corrected chi connectivity index (χ2v) is 6.05. The average Bonchev–Trinajstić information content (AvgIpc) is 2.94. The van der Waals surface area contributed by atoms with Gasteiger partial charge in [-0.15, -0.1) is 0 Å². The summed E-state index contributed by atoms with van der Waals surface area (Å²) in [5.41, 5.74) is 0. The van der Waals surface area contributed by atoms with Gasteiger partial charge in [-0.3, -0.25) is 4.90 Å². The summed E-state index contributed by atoms with van der Waals surface area (Å²) in [6.45, 7) is 3.01. The third-order valence-corrected chi connectivity index (χ3v) is 4.09. The van der Waals surface area contributed by atoms with Gasteiger partial charge in [-0.1, -0.05) is 22.0 Å². The van der Waals surface area contributed by atoms with Gasteiger partial charge in [-0.05, 0) is 43.2 Å². The molecule has 1 aliphatic rings. The Morgan fingerprint density at radius 3 is 2.75 bits per heavy atom. The molecule has 1 fully saturated rings. The van der Waals surface area contributed by atoms with Crippen LogP contribution < -0.4 is 4.74 Å². The summed E-state index contributed by atoms with van der Waals surface area (Å²) in [6, 6.07) is 12.0. The Balaban J connectivity index is 1.48. The predicted octanol–water partition coefficient (Wildman–Crippen LogP) is 4.09. The van der Waals surface area contributed by atoms with E-state index in [1.54, 1.807) is 6.26 Å². The minimum Gasteiger partial charge on any atom is -0.490 e. The molecule has 0 N–H and O–H groups in total. The van der Waals surface area contributed by atoms with E-state index in [0.29, 0.717) is 6.10 Å². The number of likely N-dealkylation sites (tertiary alicyclic amines) is 1. The van der Waals surface area contributed by atoms with E-state index in [-0.39, 0.29) is 0 Å². The van der Waals surface area contributed by atoms with Crippen molar-refractivity contribution in [3.8, 4) is 5.75 Å². The fraction of sp³-hybridized carbons (Fsp3) is 0.375. The first kappa shape index (κ1) is 13.7. The van der Waals surface area contributed by atoms with Gasteiger partial charge in [-0.25, -0.2) is 0 Å². The van der Waals surface area contributed by atoms with E-state index in [1.807, 2.05) is 36.4 Å². The summed E-state index contributed by atoms with van der Waals surface area (Å²) >= 11 is 3.47. The number of nitrogens with zero attached hydrogens (tertiary/aromatic N) is 1. The van der Waals surface area contributed by atoms with Crippen molar-refractivity contribution in [3.05, 3.63) is 52.9 Å². The van der Waals surface area contributed by atoms with Crippen LogP contribution in [0.1, 0.15) is 18.6 Å². The first-order valence-electron chi connectivity index (χ1n) is 6.96. The van der Waals surface area contributed by atoms with Gasteiger partial charge in [0, 0.05) is 17.6 Å². The minimum absolute atomic E-state index is 0.317. The second kappa shape index (κ2) is 6.46. The molecule has 0 unspecified atom stereocenters. The van der Waals surface area contributed by atoms with E-state index < -0.39 is 0 Å². The molecule has 2 aromatic rings. The number of hydrogen-bond donors (Lipinski definition) is 0. The van der Waals surface area contributed by atoms with Crippen LogP contribution in [0.25, 0.3) is 0 Å². The van der Waals surface area contributed by atoms with Gasteiger partial charge >= 0.3 is 0 Å². The van der Waals surface area contributed by atoms with Crippen LogP contribution in [-0.4, -0.2) is 24.1 Å². The highest BCUT2D eigenvalue weighted by atomic mass is 79.9. The molecule has 0 radical (unpaired) electrons. The van der Waals surface area contributed by atoms with E-state index in [4.69, 9.17) is 9.15 Å². The normalized spacial score (nSPS) is 17.2. The van der Waals surface area contributed by atoms with E-state index in [9.17, 15) is 0 Å². The van der Waals surface area contributed by atoms with Gasteiger partial charge in [0.1, 0.15) is 17.6 Å². The highest BCUT2D eigenvalue weighted by molar-refractivity contribution is 9.10. The molecule has 2 heterocycles. The van der Waals surface area contributed by atoms with Crippen molar-refractivity contribution >= 4 is 15.9 Å². The van der Waals surface area contributed by atoms with Gasteiger partial charge in [0.2, 0.25) is 0 Å².